The molecule has 1 aromatic rings. The van der Waals surface area contributed by atoms with Crippen LogP contribution in [0.4, 0.5) is 0 Å². The van der Waals surface area contributed by atoms with Crippen LogP contribution in [0, 0.1) is 13.8 Å². The van der Waals surface area contributed by atoms with Crippen molar-refractivity contribution >= 4 is 11.9 Å². The third kappa shape index (κ3) is 3.65. The molecular formula is C16H24N2O3. The SMILES string of the molecule is Cc1[nH]c(C(=O)O)c(C)c1C(=O)NC1CCCCCCC1. The summed E-state index contributed by atoms with van der Waals surface area (Å²) in [5, 5.41) is 12.2. The molecule has 5 nitrogen and oxygen atoms in total. The van der Waals surface area contributed by atoms with Crippen molar-refractivity contribution in [1.29, 1.82) is 0 Å². The topological polar surface area (TPSA) is 82.2 Å². The molecule has 116 valence electrons. The minimum absolute atomic E-state index is 0.107. The van der Waals surface area contributed by atoms with Crippen molar-refractivity contribution in [2.24, 2.45) is 0 Å². The minimum atomic E-state index is -1.03. The summed E-state index contributed by atoms with van der Waals surface area (Å²) in [6, 6.07) is 0.208. The summed E-state index contributed by atoms with van der Waals surface area (Å²) in [5.74, 6) is -1.18. The van der Waals surface area contributed by atoms with Gasteiger partial charge in [-0.3, -0.25) is 4.79 Å². The van der Waals surface area contributed by atoms with Crippen molar-refractivity contribution < 1.29 is 14.7 Å². The van der Waals surface area contributed by atoms with E-state index in [4.69, 9.17) is 5.11 Å². The quantitative estimate of drug-likeness (QED) is 0.800. The maximum atomic E-state index is 12.5. The lowest BCUT2D eigenvalue weighted by molar-refractivity contribution is 0.0690. The Kier molecular flexibility index (Phi) is 5.04. The van der Waals surface area contributed by atoms with E-state index in [2.05, 4.69) is 10.3 Å². The van der Waals surface area contributed by atoms with Crippen molar-refractivity contribution in [2.75, 3.05) is 0 Å². The monoisotopic (exact) mass is 292 g/mol. The van der Waals surface area contributed by atoms with Crippen molar-refractivity contribution in [2.45, 2.75) is 64.8 Å². The van der Waals surface area contributed by atoms with E-state index in [-0.39, 0.29) is 17.6 Å². The summed E-state index contributed by atoms with van der Waals surface area (Å²) in [6.07, 6.45) is 8.08. The fourth-order valence-corrected chi connectivity index (χ4v) is 3.16. The van der Waals surface area contributed by atoms with E-state index >= 15 is 0 Å². The molecule has 3 N–H and O–H groups in total. The van der Waals surface area contributed by atoms with E-state index in [0.717, 1.165) is 25.7 Å². The highest BCUT2D eigenvalue weighted by atomic mass is 16.4. The first-order chi connectivity index (χ1) is 10.0. The van der Waals surface area contributed by atoms with Crippen molar-refractivity contribution in [1.82, 2.24) is 10.3 Å². The zero-order chi connectivity index (χ0) is 15.4. The maximum absolute atomic E-state index is 12.5. The van der Waals surface area contributed by atoms with Crippen molar-refractivity contribution in [3.8, 4) is 0 Å². The Balaban J connectivity index is 2.10. The number of aromatic nitrogens is 1. The number of rotatable bonds is 3. The van der Waals surface area contributed by atoms with Gasteiger partial charge in [0.05, 0.1) is 5.56 Å². The summed E-state index contributed by atoms with van der Waals surface area (Å²) in [5.41, 5.74) is 1.72. The molecule has 2 rings (SSSR count). The predicted molar refractivity (Wildman–Crippen MR) is 80.8 cm³/mol. The van der Waals surface area contributed by atoms with Gasteiger partial charge in [0.2, 0.25) is 0 Å². The molecule has 0 spiro atoms. The predicted octanol–water partition coefficient (Wildman–Crippen LogP) is 3.17. The number of aryl methyl sites for hydroxylation is 1. The summed E-state index contributed by atoms with van der Waals surface area (Å²) in [7, 11) is 0. The van der Waals surface area contributed by atoms with E-state index in [0.29, 0.717) is 16.8 Å². The molecule has 1 heterocycles. The van der Waals surface area contributed by atoms with Gasteiger partial charge < -0.3 is 15.4 Å². The molecule has 1 aliphatic rings. The number of aromatic amines is 1. The minimum Gasteiger partial charge on any atom is -0.477 e. The molecule has 0 aliphatic heterocycles. The van der Waals surface area contributed by atoms with Gasteiger partial charge in [-0.05, 0) is 32.3 Å². The standard InChI is InChI=1S/C16H24N2O3/c1-10-13(11(2)17-14(10)16(20)21)15(19)18-12-8-6-4-3-5-7-9-12/h12,17H,3-9H2,1-2H3,(H,18,19)(H,20,21). The number of nitrogens with one attached hydrogen (secondary N) is 2. The van der Waals surface area contributed by atoms with Crippen LogP contribution in [0.15, 0.2) is 0 Å². The third-order valence-electron chi connectivity index (χ3n) is 4.32. The van der Waals surface area contributed by atoms with Gasteiger partial charge in [-0.15, -0.1) is 0 Å². The first-order valence-electron chi connectivity index (χ1n) is 7.74. The highest BCUT2D eigenvalue weighted by Gasteiger charge is 2.23. The van der Waals surface area contributed by atoms with E-state index in [1.807, 2.05) is 0 Å². The van der Waals surface area contributed by atoms with E-state index < -0.39 is 5.97 Å². The van der Waals surface area contributed by atoms with Crippen LogP contribution >= 0.6 is 0 Å². The smallest absolute Gasteiger partial charge is 0.352 e. The van der Waals surface area contributed by atoms with Gasteiger partial charge in [-0.1, -0.05) is 32.1 Å². The Bertz CT molecular complexity index is 526. The van der Waals surface area contributed by atoms with Crippen LogP contribution < -0.4 is 5.32 Å². The summed E-state index contributed by atoms with van der Waals surface area (Å²) >= 11 is 0. The summed E-state index contributed by atoms with van der Waals surface area (Å²) in [4.78, 5) is 26.4. The molecule has 0 saturated heterocycles. The molecule has 1 amide bonds. The number of carbonyl (C=O) groups excluding carboxylic acids is 1. The largest absolute Gasteiger partial charge is 0.477 e. The molecule has 5 heteroatoms. The van der Waals surface area contributed by atoms with Crippen molar-refractivity contribution in [3.63, 3.8) is 0 Å². The molecule has 0 unspecified atom stereocenters. The van der Waals surface area contributed by atoms with Crippen LogP contribution in [-0.4, -0.2) is 28.0 Å². The first kappa shape index (κ1) is 15.6. The fraction of sp³-hybridized carbons (Fsp3) is 0.625. The molecule has 1 saturated carbocycles. The Morgan fingerprint density at radius 1 is 1.10 bits per heavy atom. The number of carbonyl (C=O) groups is 2. The van der Waals surface area contributed by atoms with Gasteiger partial charge in [0.25, 0.3) is 5.91 Å². The number of carboxylic acid groups (broad SMARTS) is 1. The van der Waals surface area contributed by atoms with Crippen LogP contribution in [0.3, 0.4) is 0 Å². The van der Waals surface area contributed by atoms with Crippen LogP contribution in [-0.2, 0) is 0 Å². The lowest BCUT2D eigenvalue weighted by Gasteiger charge is -2.21. The molecular weight excluding hydrogens is 268 g/mol. The van der Waals surface area contributed by atoms with Gasteiger partial charge in [-0.2, -0.15) is 0 Å². The average molecular weight is 292 g/mol. The number of carboxylic acids is 1. The van der Waals surface area contributed by atoms with Gasteiger partial charge in [0.15, 0.2) is 0 Å². The number of aromatic carboxylic acids is 1. The van der Waals surface area contributed by atoms with E-state index in [1.165, 1.54) is 19.3 Å². The lowest BCUT2D eigenvalue weighted by atomic mass is 9.96. The highest BCUT2D eigenvalue weighted by Crippen LogP contribution is 2.20. The Morgan fingerprint density at radius 2 is 1.67 bits per heavy atom. The molecule has 1 fully saturated rings. The Hall–Kier alpha value is -1.78. The molecule has 1 aromatic heterocycles. The molecule has 0 atom stereocenters. The van der Waals surface area contributed by atoms with Gasteiger partial charge in [0, 0.05) is 11.7 Å². The highest BCUT2D eigenvalue weighted by molar-refractivity contribution is 6.00. The van der Waals surface area contributed by atoms with Gasteiger partial charge in [-0.25, -0.2) is 4.79 Å². The van der Waals surface area contributed by atoms with Crippen LogP contribution in [0.5, 0.6) is 0 Å². The number of amides is 1. The fourth-order valence-electron chi connectivity index (χ4n) is 3.16. The molecule has 0 radical (unpaired) electrons. The third-order valence-corrected chi connectivity index (χ3v) is 4.32. The molecule has 0 bridgehead atoms. The van der Waals surface area contributed by atoms with Crippen LogP contribution in [0.2, 0.25) is 0 Å². The Morgan fingerprint density at radius 3 is 2.19 bits per heavy atom. The Labute approximate surface area is 125 Å². The van der Waals surface area contributed by atoms with E-state index in [1.54, 1.807) is 13.8 Å². The summed E-state index contributed by atoms with van der Waals surface area (Å²) in [6.45, 7) is 3.42. The second-order valence-electron chi connectivity index (χ2n) is 5.95. The zero-order valence-corrected chi connectivity index (χ0v) is 12.8. The van der Waals surface area contributed by atoms with Gasteiger partial charge >= 0.3 is 5.97 Å². The van der Waals surface area contributed by atoms with Gasteiger partial charge in [0.1, 0.15) is 5.69 Å². The van der Waals surface area contributed by atoms with Crippen LogP contribution in [0.1, 0.15) is 77.0 Å². The number of H-pyrrole nitrogens is 1. The van der Waals surface area contributed by atoms with Crippen LogP contribution in [0.25, 0.3) is 0 Å². The average Bonchev–Trinajstić information content (AvgIpc) is 2.68. The molecule has 1 aliphatic carbocycles. The van der Waals surface area contributed by atoms with Crippen molar-refractivity contribution in [3.05, 3.63) is 22.5 Å². The first-order valence-corrected chi connectivity index (χ1v) is 7.74. The normalized spacial score (nSPS) is 17.0. The zero-order valence-electron chi connectivity index (χ0n) is 12.8. The lowest BCUT2D eigenvalue weighted by Crippen LogP contribution is -2.35. The molecule has 21 heavy (non-hydrogen) atoms. The second-order valence-corrected chi connectivity index (χ2v) is 5.95. The maximum Gasteiger partial charge on any atom is 0.352 e. The summed E-state index contributed by atoms with van der Waals surface area (Å²) < 4.78 is 0. The number of hydrogen-bond donors (Lipinski definition) is 3. The second kappa shape index (κ2) is 6.78. The molecule has 0 aromatic carbocycles. The number of hydrogen-bond acceptors (Lipinski definition) is 2. The van der Waals surface area contributed by atoms with E-state index in [9.17, 15) is 9.59 Å².